The first kappa shape index (κ1) is 17.0. The van der Waals surface area contributed by atoms with Crippen molar-refractivity contribution in [3.05, 3.63) is 41.6 Å². The molecule has 2 nitrogen and oxygen atoms in total. The second-order valence-corrected chi connectivity index (χ2v) is 8.46. The molecule has 2 aromatic rings. The fraction of sp³-hybridized carbons (Fsp3) is 0.550. The van der Waals surface area contributed by atoms with Crippen LogP contribution in [-0.2, 0) is 12.0 Å². The maximum Gasteiger partial charge on any atom is 0.0709 e. The van der Waals surface area contributed by atoms with E-state index in [1.165, 1.54) is 0 Å². The molecule has 120 valence electrons. The minimum atomic E-state index is -0.0661. The van der Waals surface area contributed by atoms with Gasteiger partial charge in [-0.2, -0.15) is 0 Å². The molecule has 0 amide bonds. The molecule has 2 rings (SSSR count). The van der Waals surface area contributed by atoms with Crippen molar-refractivity contribution in [2.45, 2.75) is 60.5 Å². The van der Waals surface area contributed by atoms with Crippen molar-refractivity contribution in [1.82, 2.24) is 4.98 Å². The largest absolute Gasteiger partial charge is 0.392 e. The summed E-state index contributed by atoms with van der Waals surface area (Å²) in [7, 11) is 0. The highest BCUT2D eigenvalue weighted by Gasteiger charge is 2.48. The van der Waals surface area contributed by atoms with Crippen LogP contribution in [0.25, 0.3) is 10.9 Å². The van der Waals surface area contributed by atoms with E-state index in [1.54, 1.807) is 0 Å². The summed E-state index contributed by atoms with van der Waals surface area (Å²) >= 11 is 0. The Balaban J connectivity index is 2.72. The van der Waals surface area contributed by atoms with E-state index in [4.69, 9.17) is 4.98 Å². The Bertz CT molecular complexity index is 660. The van der Waals surface area contributed by atoms with Crippen LogP contribution in [0.2, 0.25) is 0 Å². The lowest BCUT2D eigenvalue weighted by Crippen LogP contribution is -2.48. The van der Waals surface area contributed by atoms with Gasteiger partial charge in [-0.05, 0) is 28.5 Å². The summed E-state index contributed by atoms with van der Waals surface area (Å²) in [4.78, 5) is 4.98. The molecule has 0 saturated carbocycles. The molecule has 0 aliphatic carbocycles. The number of nitrogens with zero attached hydrogens (tertiary/aromatic N) is 1. The standard InChI is InChI=1S/C20H29NO/c1-18(2,3)20(7,19(4,5)6)17-12-11-15-14(13-22)9-8-10-16(15)21-17/h8-12,22H,13H2,1-7H3. The summed E-state index contributed by atoms with van der Waals surface area (Å²) in [6.07, 6.45) is 0. The molecular weight excluding hydrogens is 270 g/mol. The van der Waals surface area contributed by atoms with E-state index >= 15 is 0 Å². The van der Waals surface area contributed by atoms with E-state index in [9.17, 15) is 5.11 Å². The topological polar surface area (TPSA) is 33.1 Å². The fourth-order valence-corrected chi connectivity index (χ4v) is 3.53. The molecule has 2 heteroatoms. The maximum atomic E-state index is 9.50. The number of rotatable bonds is 2. The van der Waals surface area contributed by atoms with Crippen molar-refractivity contribution in [3.63, 3.8) is 0 Å². The fourth-order valence-electron chi connectivity index (χ4n) is 3.53. The van der Waals surface area contributed by atoms with E-state index in [0.29, 0.717) is 0 Å². The van der Waals surface area contributed by atoms with Gasteiger partial charge in [-0.25, -0.2) is 0 Å². The van der Waals surface area contributed by atoms with Crippen LogP contribution in [0.15, 0.2) is 30.3 Å². The molecule has 0 aliphatic rings. The molecule has 0 fully saturated rings. The van der Waals surface area contributed by atoms with Gasteiger partial charge in [0.25, 0.3) is 0 Å². The van der Waals surface area contributed by atoms with E-state index < -0.39 is 0 Å². The molecule has 0 atom stereocenters. The third-order valence-electron chi connectivity index (χ3n) is 5.50. The summed E-state index contributed by atoms with van der Waals surface area (Å²) in [6, 6.07) is 10.2. The highest BCUT2D eigenvalue weighted by Crippen LogP contribution is 2.52. The number of hydrogen-bond donors (Lipinski definition) is 1. The zero-order valence-electron chi connectivity index (χ0n) is 15.0. The highest BCUT2D eigenvalue weighted by atomic mass is 16.3. The minimum absolute atomic E-state index is 0.0498. The number of pyridine rings is 1. The van der Waals surface area contributed by atoms with Crippen molar-refractivity contribution in [2.75, 3.05) is 0 Å². The Morgan fingerprint density at radius 3 is 1.95 bits per heavy atom. The number of hydrogen-bond acceptors (Lipinski definition) is 2. The summed E-state index contributed by atoms with van der Waals surface area (Å²) in [5.41, 5.74) is 3.12. The molecule has 1 aromatic carbocycles. The summed E-state index contributed by atoms with van der Waals surface area (Å²) in [5.74, 6) is 0. The second kappa shape index (κ2) is 5.34. The average Bonchev–Trinajstić information content (AvgIpc) is 2.42. The number of aromatic nitrogens is 1. The van der Waals surface area contributed by atoms with Gasteiger partial charge >= 0.3 is 0 Å². The molecule has 1 heterocycles. The van der Waals surface area contributed by atoms with E-state index in [2.05, 4.69) is 60.6 Å². The first-order valence-electron chi connectivity index (χ1n) is 8.02. The number of aliphatic hydroxyl groups is 1. The van der Waals surface area contributed by atoms with E-state index in [1.807, 2.05) is 18.2 Å². The van der Waals surface area contributed by atoms with E-state index in [0.717, 1.165) is 22.2 Å². The van der Waals surface area contributed by atoms with Gasteiger partial charge in [-0.15, -0.1) is 0 Å². The van der Waals surface area contributed by atoms with Crippen LogP contribution < -0.4 is 0 Å². The van der Waals surface area contributed by atoms with Crippen LogP contribution in [0.1, 0.15) is 59.7 Å². The maximum absolute atomic E-state index is 9.50. The van der Waals surface area contributed by atoms with Crippen LogP contribution in [0.5, 0.6) is 0 Å². The lowest BCUT2D eigenvalue weighted by molar-refractivity contribution is 0.0656. The van der Waals surface area contributed by atoms with Crippen LogP contribution in [-0.4, -0.2) is 10.1 Å². The zero-order valence-corrected chi connectivity index (χ0v) is 15.0. The summed E-state index contributed by atoms with van der Waals surface area (Å²) in [6.45, 7) is 16.1. The summed E-state index contributed by atoms with van der Waals surface area (Å²) in [5, 5.41) is 10.5. The van der Waals surface area contributed by atoms with Gasteiger partial charge in [0.2, 0.25) is 0 Å². The minimum Gasteiger partial charge on any atom is -0.392 e. The normalized spacial score (nSPS) is 13.6. The van der Waals surface area contributed by atoms with Gasteiger partial charge < -0.3 is 5.11 Å². The Kier molecular flexibility index (Phi) is 4.12. The Morgan fingerprint density at radius 2 is 1.45 bits per heavy atom. The van der Waals surface area contributed by atoms with Gasteiger partial charge in [0.1, 0.15) is 0 Å². The van der Waals surface area contributed by atoms with Gasteiger partial charge in [-0.3, -0.25) is 4.98 Å². The predicted molar refractivity (Wildman–Crippen MR) is 93.9 cm³/mol. The molecule has 0 saturated heterocycles. The molecule has 0 bridgehead atoms. The Hall–Kier alpha value is -1.41. The van der Waals surface area contributed by atoms with Crippen LogP contribution >= 0.6 is 0 Å². The van der Waals surface area contributed by atoms with Crippen molar-refractivity contribution in [1.29, 1.82) is 0 Å². The average molecular weight is 299 g/mol. The van der Waals surface area contributed by atoms with Gasteiger partial charge in [0, 0.05) is 16.5 Å². The molecule has 1 N–H and O–H groups in total. The lowest BCUT2D eigenvalue weighted by atomic mass is 9.53. The lowest BCUT2D eigenvalue weighted by Gasteiger charge is -2.51. The molecule has 0 radical (unpaired) electrons. The molecule has 22 heavy (non-hydrogen) atoms. The summed E-state index contributed by atoms with van der Waals surface area (Å²) < 4.78 is 0. The van der Waals surface area contributed by atoms with Crippen LogP contribution in [0.4, 0.5) is 0 Å². The highest BCUT2D eigenvalue weighted by molar-refractivity contribution is 5.82. The molecule has 1 aromatic heterocycles. The van der Waals surface area contributed by atoms with Crippen molar-refractivity contribution in [3.8, 4) is 0 Å². The zero-order chi connectivity index (χ0) is 16.8. The first-order chi connectivity index (χ1) is 10.0. The number of benzene rings is 1. The third-order valence-corrected chi connectivity index (χ3v) is 5.50. The third kappa shape index (κ3) is 2.54. The van der Waals surface area contributed by atoms with Gasteiger partial charge in [0.15, 0.2) is 0 Å². The Morgan fingerprint density at radius 1 is 0.864 bits per heavy atom. The molecular formula is C20H29NO. The van der Waals surface area contributed by atoms with Crippen molar-refractivity contribution in [2.24, 2.45) is 10.8 Å². The van der Waals surface area contributed by atoms with Crippen molar-refractivity contribution < 1.29 is 5.11 Å². The van der Waals surface area contributed by atoms with E-state index in [-0.39, 0.29) is 22.9 Å². The molecule has 0 aliphatic heterocycles. The Labute approximate surface area is 134 Å². The number of aliphatic hydroxyl groups excluding tert-OH is 1. The smallest absolute Gasteiger partial charge is 0.0709 e. The first-order valence-corrected chi connectivity index (χ1v) is 8.02. The van der Waals surface area contributed by atoms with Crippen LogP contribution in [0, 0.1) is 10.8 Å². The molecule has 0 unspecified atom stereocenters. The van der Waals surface area contributed by atoms with Gasteiger partial charge in [-0.1, -0.05) is 66.7 Å². The number of fused-ring (bicyclic) bond motifs is 1. The van der Waals surface area contributed by atoms with Crippen molar-refractivity contribution >= 4 is 10.9 Å². The van der Waals surface area contributed by atoms with Crippen LogP contribution in [0.3, 0.4) is 0 Å². The predicted octanol–water partition coefficient (Wildman–Crippen LogP) is 5.08. The van der Waals surface area contributed by atoms with Gasteiger partial charge in [0.05, 0.1) is 12.1 Å². The molecule has 0 spiro atoms. The quantitative estimate of drug-likeness (QED) is 0.839. The SMILES string of the molecule is CC(C)(C)C(C)(c1ccc2c(CO)cccc2n1)C(C)(C)C. The second-order valence-electron chi connectivity index (χ2n) is 8.46. The monoisotopic (exact) mass is 299 g/mol.